The number of hydrogen-bond donors (Lipinski definition) is 3. The molecule has 6 nitrogen and oxygen atoms in total. The number of carbonyl (C=O) groups excluding carboxylic acids is 2. The van der Waals surface area contributed by atoms with Crippen LogP contribution in [0.2, 0.25) is 5.02 Å². The Bertz CT molecular complexity index is 813. The summed E-state index contributed by atoms with van der Waals surface area (Å²) in [6.07, 6.45) is -5.67. The van der Waals surface area contributed by atoms with Crippen LogP contribution in [0.3, 0.4) is 0 Å². The van der Waals surface area contributed by atoms with Crippen molar-refractivity contribution < 1.29 is 27.5 Å². The number of ether oxygens (including phenoxy) is 1. The van der Waals surface area contributed by atoms with Crippen LogP contribution in [0.5, 0.6) is 5.75 Å². The molecule has 0 bridgehead atoms. The molecule has 0 fully saturated rings. The molecule has 0 spiro atoms. The summed E-state index contributed by atoms with van der Waals surface area (Å²) in [7, 11) is 0. The van der Waals surface area contributed by atoms with Crippen LogP contribution < -0.4 is 20.9 Å². The zero-order valence-corrected chi connectivity index (χ0v) is 14.7. The molecule has 1 atom stereocenters. The van der Waals surface area contributed by atoms with E-state index in [-0.39, 0.29) is 5.75 Å². The minimum absolute atomic E-state index is 0.127. The van der Waals surface area contributed by atoms with Crippen molar-refractivity contribution in [2.45, 2.75) is 19.2 Å². The number of hydrogen-bond acceptors (Lipinski definition) is 3. The minimum Gasteiger partial charge on any atom is -0.481 e. The molecule has 3 N–H and O–H groups in total. The number of rotatable bonds is 4. The average molecular weight is 402 g/mol. The fourth-order valence-electron chi connectivity index (χ4n) is 1.92. The molecule has 0 saturated heterocycles. The molecule has 0 aliphatic carbocycles. The molecule has 0 aromatic heterocycles. The number of urea groups is 1. The molecule has 144 valence electrons. The lowest BCUT2D eigenvalue weighted by Gasteiger charge is -2.16. The Morgan fingerprint density at radius 1 is 1.07 bits per heavy atom. The predicted octanol–water partition coefficient (Wildman–Crippen LogP) is 3.98. The second kappa shape index (κ2) is 8.63. The van der Waals surface area contributed by atoms with Crippen molar-refractivity contribution in [3.63, 3.8) is 0 Å². The number of carbonyl (C=O) groups is 2. The molecular weight excluding hydrogens is 387 g/mol. The summed E-state index contributed by atoms with van der Waals surface area (Å²) in [5.74, 6) is -0.878. The first-order valence-corrected chi connectivity index (χ1v) is 7.99. The van der Waals surface area contributed by atoms with Gasteiger partial charge in [-0.1, -0.05) is 17.7 Å². The fraction of sp³-hybridized carbons (Fsp3) is 0.176. The maximum atomic E-state index is 12.7. The summed E-state index contributed by atoms with van der Waals surface area (Å²) < 4.78 is 43.2. The molecule has 2 aromatic rings. The van der Waals surface area contributed by atoms with Crippen molar-refractivity contribution in [1.82, 2.24) is 10.9 Å². The van der Waals surface area contributed by atoms with E-state index in [1.165, 1.54) is 19.1 Å². The number of alkyl halides is 3. The van der Waals surface area contributed by atoms with Gasteiger partial charge in [0.05, 0.1) is 5.56 Å². The summed E-state index contributed by atoms with van der Waals surface area (Å²) in [6, 6.07) is 9.66. The Morgan fingerprint density at radius 2 is 1.74 bits per heavy atom. The maximum Gasteiger partial charge on any atom is 0.416 e. The Kier molecular flexibility index (Phi) is 6.51. The largest absolute Gasteiger partial charge is 0.481 e. The highest BCUT2D eigenvalue weighted by Crippen LogP contribution is 2.31. The van der Waals surface area contributed by atoms with E-state index in [1.54, 1.807) is 24.3 Å². The maximum absolute atomic E-state index is 12.7. The van der Waals surface area contributed by atoms with E-state index in [9.17, 15) is 22.8 Å². The first-order valence-electron chi connectivity index (χ1n) is 7.61. The van der Waals surface area contributed by atoms with Gasteiger partial charge in [-0.15, -0.1) is 0 Å². The third-order valence-electron chi connectivity index (χ3n) is 3.24. The quantitative estimate of drug-likeness (QED) is 0.678. The van der Waals surface area contributed by atoms with Crippen molar-refractivity contribution in [2.75, 3.05) is 5.32 Å². The van der Waals surface area contributed by atoms with Crippen LogP contribution in [-0.4, -0.2) is 18.0 Å². The monoisotopic (exact) mass is 401 g/mol. The van der Waals surface area contributed by atoms with Crippen LogP contribution in [0.25, 0.3) is 0 Å². The molecule has 0 aliphatic heterocycles. The summed E-state index contributed by atoms with van der Waals surface area (Å²) in [5, 5.41) is 2.94. The van der Waals surface area contributed by atoms with Crippen LogP contribution >= 0.6 is 11.6 Å². The molecule has 1 unspecified atom stereocenters. The Hall–Kier alpha value is -2.94. The molecule has 0 saturated carbocycles. The number of benzene rings is 2. The SMILES string of the molecule is CC(Oc1cccc(C(F)(F)F)c1)C(=O)NNC(=O)Nc1ccc(Cl)cc1. The molecule has 2 rings (SSSR count). The van der Waals surface area contributed by atoms with Gasteiger partial charge in [0.1, 0.15) is 5.75 Å². The zero-order chi connectivity index (χ0) is 20.0. The van der Waals surface area contributed by atoms with Gasteiger partial charge in [0.2, 0.25) is 0 Å². The molecule has 10 heteroatoms. The second-order valence-electron chi connectivity index (χ2n) is 5.36. The second-order valence-corrected chi connectivity index (χ2v) is 5.80. The predicted molar refractivity (Wildman–Crippen MR) is 93.3 cm³/mol. The van der Waals surface area contributed by atoms with Gasteiger partial charge in [0.15, 0.2) is 6.10 Å². The van der Waals surface area contributed by atoms with E-state index >= 15 is 0 Å². The molecule has 0 aliphatic rings. The van der Waals surface area contributed by atoms with E-state index in [0.29, 0.717) is 10.7 Å². The van der Waals surface area contributed by atoms with Gasteiger partial charge in [0, 0.05) is 10.7 Å². The molecular formula is C17H15ClF3N3O3. The number of nitrogens with one attached hydrogen (secondary N) is 3. The van der Waals surface area contributed by atoms with Crippen LogP contribution in [0, 0.1) is 0 Å². The Morgan fingerprint density at radius 3 is 2.37 bits per heavy atom. The molecule has 0 heterocycles. The van der Waals surface area contributed by atoms with Crippen LogP contribution in [0.15, 0.2) is 48.5 Å². The van der Waals surface area contributed by atoms with Gasteiger partial charge in [-0.3, -0.25) is 10.2 Å². The normalized spacial score (nSPS) is 12.0. The Balaban J connectivity index is 1.85. The molecule has 3 amide bonds. The van der Waals surface area contributed by atoms with Crippen LogP contribution in [-0.2, 0) is 11.0 Å². The highest BCUT2D eigenvalue weighted by Gasteiger charge is 2.30. The van der Waals surface area contributed by atoms with E-state index in [2.05, 4.69) is 16.2 Å². The molecule has 0 radical (unpaired) electrons. The van der Waals surface area contributed by atoms with E-state index in [4.69, 9.17) is 16.3 Å². The summed E-state index contributed by atoms with van der Waals surface area (Å²) in [4.78, 5) is 23.6. The smallest absolute Gasteiger partial charge is 0.416 e. The molecule has 2 aromatic carbocycles. The average Bonchev–Trinajstić information content (AvgIpc) is 2.61. The van der Waals surface area contributed by atoms with Crippen LogP contribution in [0.4, 0.5) is 23.7 Å². The van der Waals surface area contributed by atoms with Gasteiger partial charge in [-0.2, -0.15) is 13.2 Å². The minimum atomic E-state index is -4.52. The van der Waals surface area contributed by atoms with Gasteiger partial charge in [-0.05, 0) is 49.4 Å². The number of halogens is 4. The van der Waals surface area contributed by atoms with Gasteiger partial charge in [-0.25, -0.2) is 10.2 Å². The number of hydrazine groups is 1. The lowest BCUT2D eigenvalue weighted by Crippen LogP contribution is -2.48. The topological polar surface area (TPSA) is 79.5 Å². The van der Waals surface area contributed by atoms with Crippen molar-refractivity contribution in [3.05, 3.63) is 59.1 Å². The van der Waals surface area contributed by atoms with Gasteiger partial charge < -0.3 is 10.1 Å². The van der Waals surface area contributed by atoms with Crippen molar-refractivity contribution in [1.29, 1.82) is 0 Å². The summed E-state index contributed by atoms with van der Waals surface area (Å²) in [6.45, 7) is 1.33. The Labute approximate surface area is 157 Å². The standard InChI is InChI=1S/C17H15ClF3N3O3/c1-10(27-14-4-2-3-11(9-14)17(19,20)21)15(25)23-24-16(26)22-13-7-5-12(18)6-8-13/h2-10H,1H3,(H,23,25)(H2,22,24,26). The highest BCUT2D eigenvalue weighted by molar-refractivity contribution is 6.30. The van der Waals surface area contributed by atoms with E-state index in [1.807, 2.05) is 0 Å². The van der Waals surface area contributed by atoms with Crippen LogP contribution in [0.1, 0.15) is 12.5 Å². The zero-order valence-electron chi connectivity index (χ0n) is 13.9. The van der Waals surface area contributed by atoms with Crippen molar-refractivity contribution >= 4 is 29.2 Å². The van der Waals surface area contributed by atoms with Gasteiger partial charge in [0.25, 0.3) is 5.91 Å². The van der Waals surface area contributed by atoms with E-state index in [0.717, 1.165) is 12.1 Å². The first-order chi connectivity index (χ1) is 12.6. The number of anilines is 1. The number of amides is 3. The lowest BCUT2D eigenvalue weighted by atomic mass is 10.2. The van der Waals surface area contributed by atoms with Crippen molar-refractivity contribution in [3.8, 4) is 5.75 Å². The van der Waals surface area contributed by atoms with E-state index < -0.39 is 29.8 Å². The third kappa shape index (κ3) is 6.37. The first kappa shape index (κ1) is 20.4. The van der Waals surface area contributed by atoms with Crippen molar-refractivity contribution in [2.24, 2.45) is 0 Å². The third-order valence-corrected chi connectivity index (χ3v) is 3.50. The highest BCUT2D eigenvalue weighted by atomic mass is 35.5. The van der Waals surface area contributed by atoms with Gasteiger partial charge >= 0.3 is 12.2 Å². The molecule has 27 heavy (non-hydrogen) atoms. The summed E-state index contributed by atoms with van der Waals surface area (Å²) in [5.41, 5.74) is 3.76. The fourth-order valence-corrected chi connectivity index (χ4v) is 2.04. The summed E-state index contributed by atoms with van der Waals surface area (Å²) >= 11 is 5.73. The lowest BCUT2D eigenvalue weighted by molar-refractivity contribution is -0.137.